The Balaban J connectivity index is 2.28. The van der Waals surface area contributed by atoms with Crippen LogP contribution in [-0.2, 0) is 19.5 Å². The zero-order valence-electron chi connectivity index (χ0n) is 27.1. The van der Waals surface area contributed by atoms with Gasteiger partial charge in [-0.2, -0.15) is 0 Å². The van der Waals surface area contributed by atoms with E-state index in [4.69, 9.17) is 14.2 Å². The van der Waals surface area contributed by atoms with E-state index < -0.39 is 41.1 Å². The van der Waals surface area contributed by atoms with Gasteiger partial charge in [-0.25, -0.2) is 26.5 Å². The minimum atomic E-state index is -4.50. The molecule has 11 nitrogen and oxygen atoms in total. The Bertz CT molecular complexity index is 1690. The molecular weight excluding hydrogens is 637 g/mol. The summed E-state index contributed by atoms with van der Waals surface area (Å²) in [6.07, 6.45) is 3.22. The molecule has 0 fully saturated rings. The Kier molecular flexibility index (Phi) is 12.4. The average molecular weight is 678 g/mol. The van der Waals surface area contributed by atoms with Crippen LogP contribution in [-0.4, -0.2) is 81.1 Å². The molecule has 2 heterocycles. The van der Waals surface area contributed by atoms with Crippen LogP contribution in [0, 0.1) is 11.6 Å². The number of aliphatic hydroxyl groups excluding tert-OH is 1. The SMILES string of the molecule is C=C(/C(=C\C=C/COC)OC)n1c(-c2cccc(OC)n2)nnc1N(CC[Si](C)(C)C)S(=O)(=O)[C@@H](C)[C@H](O)c1ccc(F)cc1F. The van der Waals surface area contributed by atoms with E-state index in [9.17, 15) is 22.3 Å². The molecule has 0 unspecified atom stereocenters. The van der Waals surface area contributed by atoms with Gasteiger partial charge >= 0.3 is 0 Å². The van der Waals surface area contributed by atoms with E-state index in [1.54, 1.807) is 43.5 Å². The van der Waals surface area contributed by atoms with Gasteiger partial charge in [0.2, 0.25) is 21.9 Å². The van der Waals surface area contributed by atoms with E-state index in [0.29, 0.717) is 24.4 Å². The lowest BCUT2D eigenvalue weighted by Crippen LogP contribution is -2.44. The number of halogens is 2. The molecule has 0 bridgehead atoms. The lowest BCUT2D eigenvalue weighted by molar-refractivity contribution is 0.171. The first-order valence-electron chi connectivity index (χ1n) is 14.4. The van der Waals surface area contributed by atoms with Crippen LogP contribution in [0.5, 0.6) is 5.88 Å². The fourth-order valence-electron chi connectivity index (χ4n) is 4.34. The maximum absolute atomic E-state index is 14.7. The molecule has 3 rings (SSSR count). The molecule has 0 amide bonds. The molecule has 15 heteroatoms. The third kappa shape index (κ3) is 8.66. The number of methoxy groups -OCH3 is 3. The number of hydrogen-bond acceptors (Lipinski definition) is 9. The zero-order valence-corrected chi connectivity index (χ0v) is 28.9. The predicted octanol–water partition coefficient (Wildman–Crippen LogP) is 5.43. The normalized spacial score (nSPS) is 13.9. The van der Waals surface area contributed by atoms with Crippen molar-refractivity contribution >= 4 is 29.7 Å². The van der Waals surface area contributed by atoms with Crippen LogP contribution >= 0.6 is 0 Å². The standard InChI is InChI=1S/C31H41F2N5O6SSi/c1-21(27(43-4)13-9-10-18-42-3)38-30(26-12-11-14-28(34-26)44-5)35-36-31(38)37(17-19-46(6,7)8)45(40,41)22(2)29(39)24-16-15-23(32)20-25(24)33/h9-16,20,22,29,39H,1,17-19H2,2-8H3/b10-9-,27-13+/t22-,29-/m0/s1. The first-order chi connectivity index (χ1) is 21.7. The second-order valence-electron chi connectivity index (χ2n) is 11.5. The molecule has 0 aliphatic rings. The van der Waals surface area contributed by atoms with E-state index in [1.807, 2.05) is 0 Å². The van der Waals surface area contributed by atoms with Gasteiger partial charge in [0.1, 0.15) is 34.4 Å². The Labute approximate surface area is 269 Å². The van der Waals surface area contributed by atoms with Gasteiger partial charge < -0.3 is 19.3 Å². The van der Waals surface area contributed by atoms with Crippen LogP contribution < -0.4 is 9.04 Å². The molecule has 0 spiro atoms. The first kappa shape index (κ1) is 36.5. The number of sulfonamides is 1. The van der Waals surface area contributed by atoms with Crippen molar-refractivity contribution in [3.05, 3.63) is 84.2 Å². The Morgan fingerprint density at radius 3 is 2.48 bits per heavy atom. The van der Waals surface area contributed by atoms with E-state index >= 15 is 0 Å². The van der Waals surface area contributed by atoms with E-state index in [1.165, 1.54) is 25.7 Å². The molecule has 2 atom stereocenters. The molecule has 0 aliphatic heterocycles. The second-order valence-corrected chi connectivity index (χ2v) is 19.4. The highest BCUT2D eigenvalue weighted by atomic mass is 32.2. The summed E-state index contributed by atoms with van der Waals surface area (Å²) in [6, 6.07) is 8.06. The van der Waals surface area contributed by atoms with Gasteiger partial charge in [0.25, 0.3) is 0 Å². The molecular formula is C31H41F2N5O6SSi. The van der Waals surface area contributed by atoms with Gasteiger partial charge in [-0.1, -0.05) is 50.5 Å². The minimum absolute atomic E-state index is 0.0300. The van der Waals surface area contributed by atoms with E-state index in [0.717, 1.165) is 16.4 Å². The number of anilines is 1. The third-order valence-electron chi connectivity index (χ3n) is 7.02. The van der Waals surface area contributed by atoms with Crippen LogP contribution in [0.25, 0.3) is 17.2 Å². The number of pyridine rings is 1. The largest absolute Gasteiger partial charge is 0.495 e. The van der Waals surface area contributed by atoms with Crippen molar-refractivity contribution < 1.29 is 36.5 Å². The molecule has 3 aromatic rings. The average Bonchev–Trinajstić information content (AvgIpc) is 3.44. The van der Waals surface area contributed by atoms with Crippen molar-refractivity contribution in [1.29, 1.82) is 0 Å². The topological polar surface area (TPSA) is 129 Å². The second kappa shape index (κ2) is 15.6. The molecule has 46 heavy (non-hydrogen) atoms. The van der Waals surface area contributed by atoms with Crippen LogP contribution in [0.3, 0.4) is 0 Å². The maximum Gasteiger partial charge on any atom is 0.246 e. The molecule has 0 aliphatic carbocycles. The summed E-state index contributed by atoms with van der Waals surface area (Å²) >= 11 is 0. The summed E-state index contributed by atoms with van der Waals surface area (Å²) in [6.45, 7) is 12.0. The fraction of sp³-hybridized carbons (Fsp3) is 0.387. The van der Waals surface area contributed by atoms with Crippen molar-refractivity contribution in [2.75, 3.05) is 38.8 Å². The highest BCUT2D eigenvalue weighted by Crippen LogP contribution is 2.34. The number of nitrogens with zero attached hydrogens (tertiary/aromatic N) is 5. The monoisotopic (exact) mass is 677 g/mol. The van der Waals surface area contributed by atoms with Crippen molar-refractivity contribution in [3.8, 4) is 17.4 Å². The van der Waals surface area contributed by atoms with Gasteiger partial charge in [0, 0.05) is 39.4 Å². The maximum atomic E-state index is 14.7. The summed E-state index contributed by atoms with van der Waals surface area (Å²) in [5.74, 6) is -1.40. The number of hydrogen-bond donors (Lipinski definition) is 1. The quantitative estimate of drug-likeness (QED) is 0.120. The Morgan fingerprint density at radius 1 is 1.15 bits per heavy atom. The zero-order chi connectivity index (χ0) is 34.2. The van der Waals surface area contributed by atoms with Crippen molar-refractivity contribution in [3.63, 3.8) is 0 Å². The van der Waals surface area contributed by atoms with Crippen molar-refractivity contribution in [2.24, 2.45) is 0 Å². The lowest BCUT2D eigenvalue weighted by atomic mass is 10.1. The third-order valence-corrected chi connectivity index (χ3v) is 10.9. The number of ether oxygens (including phenoxy) is 3. The molecule has 1 aromatic carbocycles. The summed E-state index contributed by atoms with van der Waals surface area (Å²) in [5, 5.41) is 18.2. The van der Waals surface area contributed by atoms with E-state index in [-0.39, 0.29) is 41.2 Å². The first-order valence-corrected chi connectivity index (χ1v) is 19.6. The van der Waals surface area contributed by atoms with Crippen LogP contribution in [0.2, 0.25) is 25.7 Å². The summed E-state index contributed by atoms with van der Waals surface area (Å²) < 4.78 is 75.6. The number of aliphatic hydroxyl groups is 1. The molecule has 0 radical (unpaired) electrons. The van der Waals surface area contributed by atoms with Crippen molar-refractivity contribution in [1.82, 2.24) is 19.7 Å². The molecule has 1 N–H and O–H groups in total. The molecule has 250 valence electrons. The van der Waals surface area contributed by atoms with E-state index in [2.05, 4.69) is 41.4 Å². The fourth-order valence-corrected chi connectivity index (χ4v) is 6.96. The number of allylic oxidation sites excluding steroid dienone is 3. The molecule has 0 saturated heterocycles. The number of rotatable bonds is 16. The Hall–Kier alpha value is -3.92. The number of benzene rings is 1. The van der Waals surface area contributed by atoms with Gasteiger partial charge in [-0.15, -0.1) is 10.2 Å². The summed E-state index contributed by atoms with van der Waals surface area (Å²) in [7, 11) is -1.93. The summed E-state index contributed by atoms with van der Waals surface area (Å²) in [4.78, 5) is 4.47. The van der Waals surface area contributed by atoms with Crippen LogP contribution in [0.4, 0.5) is 14.7 Å². The van der Waals surface area contributed by atoms with Crippen molar-refractivity contribution in [2.45, 2.75) is 44.0 Å². The van der Waals surface area contributed by atoms with Gasteiger partial charge in [-0.3, -0.25) is 4.57 Å². The van der Waals surface area contributed by atoms with Gasteiger partial charge in [0.05, 0.1) is 26.5 Å². The smallest absolute Gasteiger partial charge is 0.246 e. The predicted molar refractivity (Wildman–Crippen MR) is 176 cm³/mol. The lowest BCUT2D eigenvalue weighted by Gasteiger charge is -2.31. The molecule has 2 aromatic heterocycles. The highest BCUT2D eigenvalue weighted by molar-refractivity contribution is 7.93. The summed E-state index contributed by atoms with van der Waals surface area (Å²) in [5.41, 5.74) is 0.117. The van der Waals surface area contributed by atoms with Gasteiger partial charge in [0.15, 0.2) is 5.82 Å². The van der Waals surface area contributed by atoms with Gasteiger partial charge in [-0.05, 0) is 31.2 Å². The Morgan fingerprint density at radius 2 is 1.87 bits per heavy atom. The number of aromatic nitrogens is 4. The molecule has 0 saturated carbocycles. The minimum Gasteiger partial charge on any atom is -0.495 e. The highest BCUT2D eigenvalue weighted by Gasteiger charge is 2.39. The van der Waals surface area contributed by atoms with Crippen LogP contribution in [0.1, 0.15) is 18.6 Å². The van der Waals surface area contributed by atoms with Crippen LogP contribution in [0.15, 0.2) is 67.0 Å².